The summed E-state index contributed by atoms with van der Waals surface area (Å²) < 4.78 is 5.13. The lowest BCUT2D eigenvalue weighted by atomic mass is 9.83. The molecule has 0 bridgehead atoms. The summed E-state index contributed by atoms with van der Waals surface area (Å²) in [7, 11) is 1.74. The highest BCUT2D eigenvalue weighted by Crippen LogP contribution is 2.45. The van der Waals surface area contributed by atoms with Crippen molar-refractivity contribution < 1.29 is 4.74 Å². The predicted octanol–water partition coefficient (Wildman–Crippen LogP) is 5.50. The van der Waals surface area contributed by atoms with Gasteiger partial charge in [-0.2, -0.15) is 5.26 Å². The summed E-state index contributed by atoms with van der Waals surface area (Å²) in [5.41, 5.74) is 3.31. The Kier molecular flexibility index (Phi) is 8.08. The predicted molar refractivity (Wildman–Crippen MR) is 133 cm³/mol. The first-order valence-corrected chi connectivity index (χ1v) is 12.5. The molecule has 8 heteroatoms. The van der Waals surface area contributed by atoms with E-state index in [4.69, 9.17) is 27.9 Å². The molecule has 0 radical (unpaired) electrons. The minimum absolute atomic E-state index is 0.265. The second-order valence-electron chi connectivity index (χ2n) is 9.33. The molecular formula is C25H31Cl2N5O. The standard InChI is InChI=1S/C25H31Cl2N5O/c1-33-9-8-29-19-4-2-17(3-5-19)10-20-12-21(22(26)14-30-20)18-11-23(24(27)31-13-18)32-16-25(15-28)6-7-25/h11-14,17,19,29,32H,2-10,16H2,1H3. The van der Waals surface area contributed by atoms with Gasteiger partial charge in [-0.25, -0.2) is 4.98 Å². The van der Waals surface area contributed by atoms with E-state index in [0.717, 1.165) is 54.9 Å². The number of nitriles is 1. The summed E-state index contributed by atoms with van der Waals surface area (Å²) in [6, 6.07) is 7.03. The molecule has 0 spiro atoms. The lowest BCUT2D eigenvalue weighted by molar-refractivity contribution is 0.188. The number of nitrogens with one attached hydrogen (secondary N) is 2. The zero-order chi connectivity index (χ0) is 23.3. The minimum atomic E-state index is -0.265. The SMILES string of the molecule is COCCNC1CCC(Cc2cc(-c3cnc(Cl)c(NCC4(C#N)CC4)c3)c(Cl)cn2)CC1. The third-order valence-corrected chi connectivity index (χ3v) is 7.46. The van der Waals surface area contributed by atoms with Crippen molar-refractivity contribution in [3.05, 3.63) is 40.4 Å². The summed E-state index contributed by atoms with van der Waals surface area (Å²) in [4.78, 5) is 8.96. The van der Waals surface area contributed by atoms with E-state index in [-0.39, 0.29) is 5.41 Å². The molecule has 2 aliphatic rings. The Morgan fingerprint density at radius 1 is 1.15 bits per heavy atom. The Hall–Kier alpha value is -1.91. The lowest BCUT2D eigenvalue weighted by Crippen LogP contribution is -2.35. The molecule has 0 saturated heterocycles. The fourth-order valence-corrected chi connectivity index (χ4v) is 4.89. The largest absolute Gasteiger partial charge is 0.383 e. The Balaban J connectivity index is 1.40. The van der Waals surface area contributed by atoms with E-state index in [0.29, 0.717) is 28.7 Å². The number of hydrogen-bond acceptors (Lipinski definition) is 6. The monoisotopic (exact) mass is 487 g/mol. The maximum absolute atomic E-state index is 9.33. The van der Waals surface area contributed by atoms with Gasteiger partial charge in [0.1, 0.15) is 0 Å². The molecule has 33 heavy (non-hydrogen) atoms. The first-order chi connectivity index (χ1) is 16.0. The third-order valence-electron chi connectivity index (χ3n) is 6.85. The van der Waals surface area contributed by atoms with E-state index in [1.54, 1.807) is 19.5 Å². The molecule has 0 aliphatic heterocycles. The molecule has 2 N–H and O–H groups in total. The quantitative estimate of drug-likeness (QED) is 0.339. The van der Waals surface area contributed by atoms with Gasteiger partial charge in [0, 0.05) is 55.5 Å². The fraction of sp³-hybridized carbons (Fsp3) is 0.560. The van der Waals surface area contributed by atoms with Crippen LogP contribution >= 0.6 is 23.2 Å². The average molecular weight is 488 g/mol. The molecule has 4 rings (SSSR count). The van der Waals surface area contributed by atoms with Gasteiger partial charge in [0.15, 0.2) is 5.15 Å². The maximum Gasteiger partial charge on any atom is 0.152 e. The molecule has 2 saturated carbocycles. The number of pyridine rings is 2. The third kappa shape index (κ3) is 6.36. The molecule has 0 atom stereocenters. The van der Waals surface area contributed by atoms with E-state index < -0.39 is 0 Å². The highest BCUT2D eigenvalue weighted by molar-refractivity contribution is 6.33. The summed E-state index contributed by atoms with van der Waals surface area (Å²) in [6.07, 6.45) is 11.0. The Bertz CT molecular complexity index is 997. The summed E-state index contributed by atoms with van der Waals surface area (Å²) >= 11 is 12.8. The van der Waals surface area contributed by atoms with Gasteiger partial charge in [0.05, 0.1) is 28.8 Å². The van der Waals surface area contributed by atoms with Crippen LogP contribution in [-0.4, -0.2) is 42.8 Å². The van der Waals surface area contributed by atoms with Crippen LogP contribution in [0.15, 0.2) is 24.5 Å². The van der Waals surface area contributed by atoms with Crippen LogP contribution < -0.4 is 10.6 Å². The zero-order valence-electron chi connectivity index (χ0n) is 19.0. The van der Waals surface area contributed by atoms with E-state index in [1.165, 1.54) is 25.7 Å². The molecular weight excluding hydrogens is 457 g/mol. The number of hydrogen-bond donors (Lipinski definition) is 2. The Labute approximate surface area is 206 Å². The highest BCUT2D eigenvalue weighted by atomic mass is 35.5. The summed E-state index contributed by atoms with van der Waals surface area (Å²) in [5.74, 6) is 0.633. The van der Waals surface area contributed by atoms with Crippen LogP contribution in [0.4, 0.5) is 5.69 Å². The van der Waals surface area contributed by atoms with Crippen molar-refractivity contribution in [1.29, 1.82) is 5.26 Å². The van der Waals surface area contributed by atoms with E-state index in [2.05, 4.69) is 32.7 Å². The molecule has 6 nitrogen and oxygen atoms in total. The molecule has 0 aromatic carbocycles. The number of anilines is 1. The molecule has 2 aliphatic carbocycles. The van der Waals surface area contributed by atoms with Gasteiger partial charge >= 0.3 is 0 Å². The maximum atomic E-state index is 9.33. The van der Waals surface area contributed by atoms with Crippen molar-refractivity contribution in [3.63, 3.8) is 0 Å². The van der Waals surface area contributed by atoms with Crippen molar-refractivity contribution in [1.82, 2.24) is 15.3 Å². The van der Waals surface area contributed by atoms with Crippen LogP contribution in [-0.2, 0) is 11.2 Å². The van der Waals surface area contributed by atoms with Crippen molar-refractivity contribution in [2.45, 2.75) is 51.0 Å². The van der Waals surface area contributed by atoms with E-state index in [9.17, 15) is 5.26 Å². The van der Waals surface area contributed by atoms with Crippen molar-refractivity contribution in [2.75, 3.05) is 32.1 Å². The van der Waals surface area contributed by atoms with Gasteiger partial charge in [-0.3, -0.25) is 4.98 Å². The summed E-state index contributed by atoms with van der Waals surface area (Å²) in [5, 5.41) is 17.2. The molecule has 2 aromatic rings. The van der Waals surface area contributed by atoms with Crippen molar-refractivity contribution in [3.8, 4) is 17.2 Å². The second-order valence-corrected chi connectivity index (χ2v) is 10.1. The molecule has 2 heterocycles. The van der Waals surface area contributed by atoms with Gasteiger partial charge in [0.25, 0.3) is 0 Å². The molecule has 176 valence electrons. The second kappa shape index (κ2) is 11.0. The molecule has 2 aromatic heterocycles. The average Bonchev–Trinajstić information content (AvgIpc) is 3.62. The fourth-order valence-electron chi connectivity index (χ4n) is 4.51. The number of nitrogens with zero attached hydrogens (tertiary/aromatic N) is 3. The number of methoxy groups -OCH3 is 1. The van der Waals surface area contributed by atoms with Gasteiger partial charge in [-0.05, 0) is 63.0 Å². The van der Waals surface area contributed by atoms with Crippen LogP contribution in [0.5, 0.6) is 0 Å². The van der Waals surface area contributed by atoms with Crippen molar-refractivity contribution in [2.24, 2.45) is 11.3 Å². The highest BCUT2D eigenvalue weighted by Gasteiger charge is 2.43. The van der Waals surface area contributed by atoms with Crippen LogP contribution in [0.1, 0.15) is 44.2 Å². The van der Waals surface area contributed by atoms with Crippen LogP contribution in [0.25, 0.3) is 11.1 Å². The number of rotatable bonds is 10. The number of ether oxygens (including phenoxy) is 1. The van der Waals surface area contributed by atoms with E-state index in [1.807, 2.05) is 6.07 Å². The smallest absolute Gasteiger partial charge is 0.152 e. The topological polar surface area (TPSA) is 82.9 Å². The van der Waals surface area contributed by atoms with Gasteiger partial charge in [-0.15, -0.1) is 0 Å². The molecule has 2 fully saturated rings. The van der Waals surface area contributed by atoms with Crippen LogP contribution in [0.2, 0.25) is 10.2 Å². The number of halogens is 2. The lowest BCUT2D eigenvalue weighted by Gasteiger charge is -2.29. The van der Waals surface area contributed by atoms with Crippen molar-refractivity contribution >= 4 is 28.9 Å². The molecule has 0 unspecified atom stereocenters. The Morgan fingerprint density at radius 2 is 1.94 bits per heavy atom. The first kappa shape index (κ1) is 24.2. The normalized spacial score (nSPS) is 21.4. The van der Waals surface area contributed by atoms with Gasteiger partial charge in [-0.1, -0.05) is 23.2 Å². The van der Waals surface area contributed by atoms with Crippen LogP contribution in [0, 0.1) is 22.7 Å². The van der Waals surface area contributed by atoms with Crippen LogP contribution in [0.3, 0.4) is 0 Å². The number of aromatic nitrogens is 2. The zero-order valence-corrected chi connectivity index (χ0v) is 20.6. The first-order valence-electron chi connectivity index (χ1n) is 11.7. The van der Waals surface area contributed by atoms with Gasteiger partial charge in [0.2, 0.25) is 0 Å². The van der Waals surface area contributed by atoms with E-state index >= 15 is 0 Å². The summed E-state index contributed by atoms with van der Waals surface area (Å²) in [6.45, 7) is 2.25. The minimum Gasteiger partial charge on any atom is -0.383 e. The Morgan fingerprint density at radius 3 is 2.64 bits per heavy atom. The molecule has 0 amide bonds. The van der Waals surface area contributed by atoms with Gasteiger partial charge < -0.3 is 15.4 Å².